The van der Waals surface area contributed by atoms with Crippen molar-refractivity contribution in [2.24, 2.45) is 11.7 Å². The van der Waals surface area contributed by atoms with E-state index in [0.29, 0.717) is 24.6 Å². The molecule has 1 aliphatic carbocycles. The molecule has 2 rings (SSSR count). The second-order valence-electron chi connectivity index (χ2n) is 5.49. The smallest absolute Gasteiger partial charge is 0.254 e. The molecule has 0 bridgehead atoms. The van der Waals surface area contributed by atoms with E-state index in [1.54, 1.807) is 18.2 Å². The first kappa shape index (κ1) is 14.9. The van der Waals surface area contributed by atoms with E-state index in [-0.39, 0.29) is 17.7 Å². The van der Waals surface area contributed by atoms with E-state index in [0.717, 1.165) is 19.3 Å². The third-order valence-electron chi connectivity index (χ3n) is 4.27. The van der Waals surface area contributed by atoms with Gasteiger partial charge in [-0.05, 0) is 50.4 Å². The van der Waals surface area contributed by atoms with Crippen molar-refractivity contribution in [3.05, 3.63) is 29.8 Å². The predicted octanol–water partition coefficient (Wildman–Crippen LogP) is 2.37. The first-order chi connectivity index (χ1) is 9.67. The largest absolute Gasteiger partial charge is 0.508 e. The molecule has 2 atom stereocenters. The summed E-state index contributed by atoms with van der Waals surface area (Å²) < 4.78 is 0. The molecule has 1 aromatic rings. The minimum Gasteiger partial charge on any atom is -0.508 e. The Hall–Kier alpha value is -1.55. The van der Waals surface area contributed by atoms with Crippen LogP contribution in [-0.4, -0.2) is 35.0 Å². The highest BCUT2D eigenvalue weighted by Gasteiger charge is 2.31. The molecule has 0 aromatic heterocycles. The van der Waals surface area contributed by atoms with Crippen LogP contribution < -0.4 is 5.73 Å². The number of nitrogens with two attached hydrogens (primary N) is 1. The zero-order valence-electron chi connectivity index (χ0n) is 12.1. The van der Waals surface area contributed by atoms with E-state index in [1.807, 2.05) is 11.8 Å². The molecular weight excluding hydrogens is 252 g/mol. The summed E-state index contributed by atoms with van der Waals surface area (Å²) in [5.74, 6) is 0.518. The number of phenols is 1. The van der Waals surface area contributed by atoms with Gasteiger partial charge in [-0.15, -0.1) is 0 Å². The van der Waals surface area contributed by atoms with E-state index >= 15 is 0 Å². The summed E-state index contributed by atoms with van der Waals surface area (Å²) in [6.07, 6.45) is 4.49. The molecule has 4 nitrogen and oxygen atoms in total. The summed E-state index contributed by atoms with van der Waals surface area (Å²) in [6.45, 7) is 3.31. The van der Waals surface area contributed by atoms with Crippen molar-refractivity contribution in [3.8, 4) is 5.75 Å². The lowest BCUT2D eigenvalue weighted by Gasteiger charge is -2.39. The monoisotopic (exact) mass is 276 g/mol. The van der Waals surface area contributed by atoms with Crippen molar-refractivity contribution in [3.63, 3.8) is 0 Å². The molecule has 0 aliphatic heterocycles. The predicted molar refractivity (Wildman–Crippen MR) is 79.6 cm³/mol. The quantitative estimate of drug-likeness (QED) is 0.887. The Morgan fingerprint density at radius 3 is 2.80 bits per heavy atom. The molecule has 20 heavy (non-hydrogen) atoms. The van der Waals surface area contributed by atoms with Crippen LogP contribution in [0, 0.1) is 5.92 Å². The van der Waals surface area contributed by atoms with Gasteiger partial charge < -0.3 is 15.7 Å². The van der Waals surface area contributed by atoms with Crippen molar-refractivity contribution in [2.75, 3.05) is 13.1 Å². The summed E-state index contributed by atoms with van der Waals surface area (Å²) in [6, 6.07) is 6.80. The van der Waals surface area contributed by atoms with Crippen LogP contribution in [0.25, 0.3) is 0 Å². The minimum absolute atomic E-state index is 0.00579. The molecule has 1 aliphatic rings. The number of rotatable bonds is 4. The maximum atomic E-state index is 12.7. The third-order valence-corrected chi connectivity index (χ3v) is 4.27. The Labute approximate surface area is 120 Å². The maximum absolute atomic E-state index is 12.7. The van der Waals surface area contributed by atoms with Gasteiger partial charge >= 0.3 is 0 Å². The summed E-state index contributed by atoms with van der Waals surface area (Å²) in [7, 11) is 0. The van der Waals surface area contributed by atoms with Gasteiger partial charge in [0, 0.05) is 18.2 Å². The van der Waals surface area contributed by atoms with Crippen LogP contribution in [0.4, 0.5) is 0 Å². The molecule has 1 aromatic carbocycles. The van der Waals surface area contributed by atoms with E-state index in [9.17, 15) is 9.90 Å². The Kier molecular flexibility index (Phi) is 5.01. The zero-order chi connectivity index (χ0) is 14.5. The van der Waals surface area contributed by atoms with Crippen molar-refractivity contribution >= 4 is 5.91 Å². The summed E-state index contributed by atoms with van der Waals surface area (Å²) in [5, 5.41) is 9.53. The Balaban J connectivity index is 2.20. The summed E-state index contributed by atoms with van der Waals surface area (Å²) >= 11 is 0. The lowest BCUT2D eigenvalue weighted by Crippen LogP contribution is -2.48. The first-order valence-electron chi connectivity index (χ1n) is 7.47. The number of aromatic hydroxyl groups is 1. The lowest BCUT2D eigenvalue weighted by atomic mass is 9.83. The normalized spacial score (nSPS) is 22.5. The van der Waals surface area contributed by atoms with Crippen LogP contribution in [0.5, 0.6) is 5.75 Å². The maximum Gasteiger partial charge on any atom is 0.254 e. The second-order valence-corrected chi connectivity index (χ2v) is 5.49. The topological polar surface area (TPSA) is 66.6 Å². The molecule has 0 saturated heterocycles. The number of amides is 1. The SMILES string of the molecule is CCN(C(=O)c1cccc(O)c1)C1CCCCC1CN. The van der Waals surface area contributed by atoms with Gasteiger partial charge in [-0.1, -0.05) is 18.9 Å². The summed E-state index contributed by atoms with van der Waals surface area (Å²) in [5.41, 5.74) is 6.42. The van der Waals surface area contributed by atoms with Crippen LogP contribution >= 0.6 is 0 Å². The third kappa shape index (κ3) is 3.12. The molecule has 3 N–H and O–H groups in total. The highest BCUT2D eigenvalue weighted by Crippen LogP contribution is 2.29. The number of benzene rings is 1. The average molecular weight is 276 g/mol. The van der Waals surface area contributed by atoms with Gasteiger partial charge in [0.1, 0.15) is 5.75 Å². The van der Waals surface area contributed by atoms with Gasteiger partial charge in [-0.25, -0.2) is 0 Å². The van der Waals surface area contributed by atoms with Crippen LogP contribution in [0.1, 0.15) is 43.0 Å². The highest BCUT2D eigenvalue weighted by atomic mass is 16.3. The fourth-order valence-corrected chi connectivity index (χ4v) is 3.21. The van der Waals surface area contributed by atoms with E-state index in [1.165, 1.54) is 12.5 Å². The Morgan fingerprint density at radius 2 is 2.15 bits per heavy atom. The van der Waals surface area contributed by atoms with Crippen LogP contribution in [0.15, 0.2) is 24.3 Å². The van der Waals surface area contributed by atoms with E-state index < -0.39 is 0 Å². The van der Waals surface area contributed by atoms with Crippen LogP contribution in [0.2, 0.25) is 0 Å². The molecular formula is C16H24N2O2. The molecule has 1 fully saturated rings. The van der Waals surface area contributed by atoms with E-state index in [4.69, 9.17) is 5.73 Å². The fourth-order valence-electron chi connectivity index (χ4n) is 3.21. The average Bonchev–Trinajstić information content (AvgIpc) is 2.48. The Morgan fingerprint density at radius 1 is 1.40 bits per heavy atom. The van der Waals surface area contributed by atoms with Crippen molar-refractivity contribution in [2.45, 2.75) is 38.6 Å². The molecule has 1 saturated carbocycles. The number of phenolic OH excluding ortho intramolecular Hbond substituents is 1. The van der Waals surface area contributed by atoms with Crippen LogP contribution in [0.3, 0.4) is 0 Å². The molecule has 2 unspecified atom stereocenters. The molecule has 0 spiro atoms. The highest BCUT2D eigenvalue weighted by molar-refractivity contribution is 5.94. The number of hydrogen-bond donors (Lipinski definition) is 2. The van der Waals surface area contributed by atoms with Crippen molar-refractivity contribution in [1.82, 2.24) is 4.90 Å². The molecule has 0 radical (unpaired) electrons. The van der Waals surface area contributed by atoms with Gasteiger partial charge in [-0.2, -0.15) is 0 Å². The number of nitrogens with zero attached hydrogens (tertiary/aromatic N) is 1. The Bertz CT molecular complexity index is 462. The van der Waals surface area contributed by atoms with E-state index in [2.05, 4.69) is 0 Å². The minimum atomic E-state index is -0.00579. The molecule has 0 heterocycles. The lowest BCUT2D eigenvalue weighted by molar-refractivity contribution is 0.0559. The zero-order valence-corrected chi connectivity index (χ0v) is 12.1. The van der Waals surface area contributed by atoms with Gasteiger partial charge in [0.05, 0.1) is 0 Å². The van der Waals surface area contributed by atoms with Crippen molar-refractivity contribution in [1.29, 1.82) is 0 Å². The summed E-state index contributed by atoms with van der Waals surface area (Å²) in [4.78, 5) is 14.6. The number of hydrogen-bond acceptors (Lipinski definition) is 3. The second kappa shape index (κ2) is 6.75. The number of carbonyl (C=O) groups is 1. The van der Waals surface area contributed by atoms with Crippen LogP contribution in [-0.2, 0) is 0 Å². The molecule has 4 heteroatoms. The fraction of sp³-hybridized carbons (Fsp3) is 0.562. The van der Waals surface area contributed by atoms with Gasteiger partial charge in [0.15, 0.2) is 0 Å². The molecule has 1 amide bonds. The first-order valence-corrected chi connectivity index (χ1v) is 7.47. The van der Waals surface area contributed by atoms with Gasteiger partial charge in [0.25, 0.3) is 5.91 Å². The number of carbonyl (C=O) groups excluding carboxylic acids is 1. The molecule has 110 valence electrons. The van der Waals surface area contributed by atoms with Gasteiger partial charge in [0.2, 0.25) is 0 Å². The van der Waals surface area contributed by atoms with Crippen molar-refractivity contribution < 1.29 is 9.90 Å². The van der Waals surface area contributed by atoms with Gasteiger partial charge in [-0.3, -0.25) is 4.79 Å². The standard InChI is InChI=1S/C16H24N2O2/c1-2-18(15-9-4-3-6-13(15)11-17)16(20)12-7-5-8-14(19)10-12/h5,7-8,10,13,15,19H,2-4,6,9,11,17H2,1H3.